The first-order valence-electron chi connectivity index (χ1n) is 7.16. The van der Waals surface area contributed by atoms with Crippen LogP contribution in [-0.2, 0) is 4.74 Å². The van der Waals surface area contributed by atoms with Crippen LogP contribution >= 0.6 is 21.0 Å². The number of benzene rings is 2. The van der Waals surface area contributed by atoms with Gasteiger partial charge in [0.05, 0.1) is 34.9 Å². The average Bonchev–Trinajstić information content (AvgIpc) is 2.57. The molecule has 0 saturated heterocycles. The van der Waals surface area contributed by atoms with Crippen LogP contribution in [-0.4, -0.2) is 12.6 Å². The molecular weight excluding hydrogens is 405 g/mol. The SMILES string of the molecule is CCOC(=O)c1cccc(NC2=CI=Nc3ccccc32)c1N. The number of halogens is 1. The molecule has 2 aromatic rings. The molecule has 0 aromatic heterocycles. The van der Waals surface area contributed by atoms with Gasteiger partial charge in [-0.2, -0.15) is 0 Å². The molecule has 0 fully saturated rings. The molecule has 0 radical (unpaired) electrons. The Labute approximate surface area is 144 Å². The quantitative estimate of drug-likeness (QED) is 0.428. The first kappa shape index (κ1) is 15.7. The normalized spacial score (nSPS) is 12.7. The van der Waals surface area contributed by atoms with E-state index in [0.717, 1.165) is 16.9 Å². The summed E-state index contributed by atoms with van der Waals surface area (Å²) in [5, 5.41) is 3.34. The molecule has 118 valence electrons. The van der Waals surface area contributed by atoms with Crippen molar-refractivity contribution in [1.29, 1.82) is 0 Å². The summed E-state index contributed by atoms with van der Waals surface area (Å²) < 4.78 is 11.7. The number of nitrogens with one attached hydrogen (secondary N) is 1. The maximum absolute atomic E-state index is 12.0. The fourth-order valence-corrected chi connectivity index (χ4v) is 3.89. The van der Waals surface area contributed by atoms with Gasteiger partial charge in [0, 0.05) is 30.7 Å². The van der Waals surface area contributed by atoms with E-state index in [2.05, 4.69) is 12.5 Å². The molecule has 5 nitrogen and oxygen atoms in total. The number of para-hydroxylation sites is 1. The summed E-state index contributed by atoms with van der Waals surface area (Å²) in [4.78, 5) is 12.0. The lowest BCUT2D eigenvalue weighted by Crippen LogP contribution is -2.10. The topological polar surface area (TPSA) is 76.7 Å². The number of carbonyl (C=O) groups is 1. The zero-order valence-electron chi connectivity index (χ0n) is 12.5. The van der Waals surface area contributed by atoms with Crippen molar-refractivity contribution in [3.8, 4) is 0 Å². The second-order valence-corrected chi connectivity index (χ2v) is 6.50. The van der Waals surface area contributed by atoms with E-state index < -0.39 is 5.97 Å². The van der Waals surface area contributed by atoms with Gasteiger partial charge in [-0.3, -0.25) is 0 Å². The second kappa shape index (κ2) is 6.91. The van der Waals surface area contributed by atoms with Crippen molar-refractivity contribution < 1.29 is 9.53 Å². The highest BCUT2D eigenvalue weighted by atomic mass is 127. The van der Waals surface area contributed by atoms with Gasteiger partial charge in [0.25, 0.3) is 0 Å². The van der Waals surface area contributed by atoms with E-state index in [0.29, 0.717) is 23.5 Å². The van der Waals surface area contributed by atoms with Gasteiger partial charge >= 0.3 is 5.97 Å². The summed E-state index contributed by atoms with van der Waals surface area (Å²) in [5.41, 5.74) is 10.6. The maximum Gasteiger partial charge on any atom is 0.340 e. The Morgan fingerprint density at radius 1 is 1.26 bits per heavy atom. The molecule has 2 aromatic carbocycles. The smallest absolute Gasteiger partial charge is 0.340 e. The van der Waals surface area contributed by atoms with Crippen molar-refractivity contribution in [1.82, 2.24) is 0 Å². The molecule has 0 saturated carbocycles. The van der Waals surface area contributed by atoms with Crippen molar-refractivity contribution in [2.75, 3.05) is 17.7 Å². The van der Waals surface area contributed by atoms with E-state index in [1.54, 1.807) is 19.1 Å². The fourth-order valence-electron chi connectivity index (χ4n) is 2.26. The lowest BCUT2D eigenvalue weighted by molar-refractivity contribution is 0.0527. The molecule has 3 rings (SSSR count). The number of fused-ring (bicyclic) bond motifs is 1. The number of hydrogen-bond donors (Lipinski definition) is 2. The summed E-state index contributed by atoms with van der Waals surface area (Å²) in [6.07, 6.45) is 0. The maximum atomic E-state index is 12.0. The van der Waals surface area contributed by atoms with Crippen molar-refractivity contribution in [3.05, 3.63) is 57.7 Å². The van der Waals surface area contributed by atoms with Crippen LogP contribution in [0.4, 0.5) is 17.1 Å². The number of anilines is 2. The first-order valence-corrected chi connectivity index (χ1v) is 9.37. The van der Waals surface area contributed by atoms with Gasteiger partial charge in [-0.1, -0.05) is 24.3 Å². The van der Waals surface area contributed by atoms with E-state index in [-0.39, 0.29) is 21.0 Å². The van der Waals surface area contributed by atoms with E-state index in [1.807, 2.05) is 30.3 Å². The second-order valence-electron chi connectivity index (χ2n) is 4.83. The highest BCUT2D eigenvalue weighted by molar-refractivity contribution is 14.2. The number of rotatable bonds is 4. The van der Waals surface area contributed by atoms with Gasteiger partial charge in [-0.05, 0) is 25.1 Å². The number of hydrogen-bond acceptors (Lipinski definition) is 5. The fraction of sp³-hybridized carbons (Fsp3) is 0.118. The zero-order chi connectivity index (χ0) is 16.2. The van der Waals surface area contributed by atoms with Gasteiger partial charge in [-0.15, -0.1) is 0 Å². The molecule has 0 amide bonds. The number of esters is 1. The predicted molar refractivity (Wildman–Crippen MR) is 101 cm³/mol. The minimum atomic E-state index is -0.408. The van der Waals surface area contributed by atoms with Crippen molar-refractivity contribution in [2.45, 2.75) is 6.92 Å². The Morgan fingerprint density at radius 3 is 2.91 bits per heavy atom. The third-order valence-corrected chi connectivity index (χ3v) is 5.06. The molecule has 0 atom stereocenters. The standard InChI is InChI=1S/C17H16IN3O2/c1-2-23-17(22)12-7-5-9-14(16(12)19)20-15-10-18-21-13-8-4-3-6-11(13)15/h3-10,20H,2,19H2,1H3. The molecule has 0 aliphatic carbocycles. The van der Waals surface area contributed by atoms with Crippen LogP contribution in [0.2, 0.25) is 0 Å². The summed E-state index contributed by atoms with van der Waals surface area (Å²) in [6, 6.07) is 13.3. The number of carbonyl (C=O) groups excluding carboxylic acids is 1. The zero-order valence-corrected chi connectivity index (χ0v) is 14.7. The van der Waals surface area contributed by atoms with Crippen molar-refractivity contribution in [3.63, 3.8) is 0 Å². The number of nitrogen functional groups attached to an aromatic ring is 1. The Hall–Kier alpha value is -2.22. The van der Waals surface area contributed by atoms with E-state index >= 15 is 0 Å². The third kappa shape index (κ3) is 3.26. The minimum absolute atomic E-state index is 0.320. The van der Waals surface area contributed by atoms with Crippen LogP contribution in [0.15, 0.2) is 49.7 Å². The Kier molecular flexibility index (Phi) is 4.71. The van der Waals surface area contributed by atoms with Crippen LogP contribution < -0.4 is 11.1 Å². The molecule has 0 spiro atoms. The average molecular weight is 421 g/mol. The molecule has 3 N–H and O–H groups in total. The number of ether oxygens (including phenoxy) is 1. The summed E-state index contributed by atoms with van der Waals surface area (Å²) in [6.45, 7) is 2.09. The molecule has 6 heteroatoms. The molecule has 23 heavy (non-hydrogen) atoms. The van der Waals surface area contributed by atoms with E-state index in [1.165, 1.54) is 0 Å². The molecular formula is C17H16IN3O2. The number of nitrogens with zero attached hydrogens (tertiary/aromatic N) is 1. The lowest BCUT2D eigenvalue weighted by Gasteiger charge is -2.17. The van der Waals surface area contributed by atoms with Gasteiger partial charge in [-0.25, -0.2) is 7.94 Å². The number of nitrogens with two attached hydrogens (primary N) is 1. The summed E-state index contributed by atoms with van der Waals surface area (Å²) in [5.74, 6) is -0.408. The van der Waals surface area contributed by atoms with Gasteiger partial charge in [0.1, 0.15) is 0 Å². The van der Waals surface area contributed by atoms with Crippen molar-refractivity contribution >= 4 is 49.8 Å². The van der Waals surface area contributed by atoms with Crippen molar-refractivity contribution in [2.24, 2.45) is 3.15 Å². The molecule has 1 aliphatic rings. The summed E-state index contributed by atoms with van der Waals surface area (Å²) >= 11 is -0.381. The van der Waals surface area contributed by atoms with E-state index in [4.69, 9.17) is 10.5 Å². The monoisotopic (exact) mass is 421 g/mol. The van der Waals surface area contributed by atoms with Crippen LogP contribution in [0, 0.1) is 0 Å². The first-order chi connectivity index (χ1) is 11.2. The largest absolute Gasteiger partial charge is 0.462 e. The molecule has 0 bridgehead atoms. The van der Waals surface area contributed by atoms with Gasteiger partial charge in [0.15, 0.2) is 0 Å². The van der Waals surface area contributed by atoms with Crippen LogP contribution in [0.3, 0.4) is 0 Å². The summed E-state index contributed by atoms with van der Waals surface area (Å²) in [7, 11) is 0. The molecule has 1 aliphatic heterocycles. The van der Waals surface area contributed by atoms with Crippen LogP contribution in [0.5, 0.6) is 0 Å². The minimum Gasteiger partial charge on any atom is -0.462 e. The third-order valence-electron chi connectivity index (χ3n) is 3.36. The van der Waals surface area contributed by atoms with Gasteiger partial charge < -0.3 is 15.8 Å². The Bertz CT molecular complexity index is 815. The lowest BCUT2D eigenvalue weighted by atomic mass is 10.1. The van der Waals surface area contributed by atoms with Crippen LogP contribution in [0.25, 0.3) is 5.70 Å². The van der Waals surface area contributed by atoms with Crippen LogP contribution in [0.1, 0.15) is 22.8 Å². The highest BCUT2D eigenvalue weighted by Crippen LogP contribution is 2.37. The highest BCUT2D eigenvalue weighted by Gasteiger charge is 2.16. The Balaban J connectivity index is 1.93. The van der Waals surface area contributed by atoms with E-state index in [9.17, 15) is 4.79 Å². The van der Waals surface area contributed by atoms with Gasteiger partial charge in [0.2, 0.25) is 0 Å². The molecule has 0 unspecified atom stereocenters. The molecule has 1 heterocycles. The Morgan fingerprint density at radius 2 is 2.09 bits per heavy atom. The predicted octanol–water partition coefficient (Wildman–Crippen LogP) is 4.66.